The minimum absolute atomic E-state index is 0.0898. The minimum atomic E-state index is -4.89. The lowest BCUT2D eigenvalue weighted by Gasteiger charge is -2.13. The fraction of sp³-hybridized carbons (Fsp3) is 0.778. The summed E-state index contributed by atoms with van der Waals surface area (Å²) in [6, 6.07) is 0. The molecule has 0 aromatic heterocycles. The van der Waals surface area contributed by atoms with Crippen molar-refractivity contribution in [1.82, 2.24) is 0 Å². The normalized spacial score (nSPS) is 19.9. The first-order valence-electron chi connectivity index (χ1n) is 5.13. The van der Waals surface area contributed by atoms with Gasteiger partial charge >= 0.3 is 6.18 Å². The van der Waals surface area contributed by atoms with Crippen LogP contribution in [0.1, 0.15) is 20.3 Å². The molecule has 0 radical (unpaired) electrons. The van der Waals surface area contributed by atoms with Crippen molar-refractivity contribution in [2.45, 2.75) is 32.0 Å². The summed E-state index contributed by atoms with van der Waals surface area (Å²) in [5.74, 6) is -1.33. The largest absolute Gasteiger partial charge is 0.433 e. The lowest BCUT2D eigenvalue weighted by atomic mass is 10.1. The Hall–Kier alpha value is -1.32. The standard InChI is InChI=1S/C9H13F3N2O4S/c1-8(2)4-7(14-18-8)19(15,16)5-6(13-17-3)9(10,11)12/h4-5H2,1-3H3. The van der Waals surface area contributed by atoms with E-state index in [1.165, 1.54) is 0 Å². The van der Waals surface area contributed by atoms with Gasteiger partial charge in [-0.05, 0) is 13.8 Å². The average Bonchev–Trinajstić information content (AvgIpc) is 2.57. The summed E-state index contributed by atoms with van der Waals surface area (Å²) < 4.78 is 61.2. The number of hydrogen-bond acceptors (Lipinski definition) is 6. The van der Waals surface area contributed by atoms with Gasteiger partial charge in [-0.1, -0.05) is 10.3 Å². The predicted molar refractivity (Wildman–Crippen MR) is 61.5 cm³/mol. The number of nitrogens with zero attached hydrogens (tertiary/aromatic N) is 2. The summed E-state index contributed by atoms with van der Waals surface area (Å²) in [5, 5.41) is 5.60. The van der Waals surface area contributed by atoms with E-state index in [9.17, 15) is 21.6 Å². The second-order valence-corrected chi connectivity index (χ2v) is 6.48. The minimum Gasteiger partial charge on any atom is -0.399 e. The smallest absolute Gasteiger partial charge is 0.399 e. The first-order valence-corrected chi connectivity index (χ1v) is 6.78. The molecule has 0 N–H and O–H groups in total. The van der Waals surface area contributed by atoms with Crippen LogP contribution >= 0.6 is 0 Å². The first-order chi connectivity index (χ1) is 8.48. The zero-order valence-corrected chi connectivity index (χ0v) is 11.3. The summed E-state index contributed by atoms with van der Waals surface area (Å²) in [4.78, 5) is 8.84. The molecule has 0 unspecified atom stereocenters. The van der Waals surface area contributed by atoms with Crippen LogP contribution in [0.4, 0.5) is 13.2 Å². The van der Waals surface area contributed by atoms with Crippen LogP contribution < -0.4 is 0 Å². The maximum atomic E-state index is 12.5. The quantitative estimate of drug-likeness (QED) is 0.584. The third-order valence-corrected chi connectivity index (χ3v) is 3.78. The lowest BCUT2D eigenvalue weighted by Crippen LogP contribution is -2.34. The fourth-order valence-corrected chi connectivity index (χ4v) is 2.76. The molecule has 6 nitrogen and oxygen atoms in total. The van der Waals surface area contributed by atoms with E-state index in [0.29, 0.717) is 0 Å². The van der Waals surface area contributed by atoms with Crippen molar-refractivity contribution in [2.75, 3.05) is 12.9 Å². The van der Waals surface area contributed by atoms with Crippen LogP contribution in [0.5, 0.6) is 0 Å². The zero-order chi connectivity index (χ0) is 14.9. The van der Waals surface area contributed by atoms with Crippen LogP contribution in [0, 0.1) is 0 Å². The van der Waals surface area contributed by atoms with Crippen LogP contribution in [-0.2, 0) is 19.5 Å². The van der Waals surface area contributed by atoms with E-state index in [1.54, 1.807) is 13.8 Å². The topological polar surface area (TPSA) is 77.3 Å². The summed E-state index contributed by atoms with van der Waals surface area (Å²) in [7, 11) is -3.34. The van der Waals surface area contributed by atoms with Gasteiger partial charge in [-0.2, -0.15) is 13.2 Å². The van der Waals surface area contributed by atoms with Crippen molar-refractivity contribution < 1.29 is 31.3 Å². The van der Waals surface area contributed by atoms with Crippen molar-refractivity contribution >= 4 is 20.6 Å². The number of hydrogen-bond donors (Lipinski definition) is 0. The van der Waals surface area contributed by atoms with Gasteiger partial charge in [0, 0.05) is 6.42 Å². The van der Waals surface area contributed by atoms with E-state index in [2.05, 4.69) is 15.1 Å². The van der Waals surface area contributed by atoms with E-state index in [1.807, 2.05) is 0 Å². The van der Waals surface area contributed by atoms with Gasteiger partial charge in [0.15, 0.2) is 10.8 Å². The molecule has 0 aliphatic carbocycles. The van der Waals surface area contributed by atoms with E-state index in [-0.39, 0.29) is 6.42 Å². The van der Waals surface area contributed by atoms with E-state index in [4.69, 9.17) is 4.84 Å². The van der Waals surface area contributed by atoms with Crippen molar-refractivity contribution in [3.8, 4) is 0 Å². The number of halogens is 3. The highest BCUT2D eigenvalue weighted by molar-refractivity contribution is 8.07. The van der Waals surface area contributed by atoms with Crippen LogP contribution in [-0.4, -0.2) is 43.8 Å². The predicted octanol–water partition coefficient (Wildman–Crippen LogP) is 1.48. The van der Waals surface area contributed by atoms with Gasteiger partial charge < -0.3 is 9.68 Å². The molecule has 110 valence electrons. The number of alkyl halides is 3. The molecule has 0 bridgehead atoms. The molecule has 1 aliphatic rings. The summed E-state index contributed by atoms with van der Waals surface area (Å²) in [5.41, 5.74) is -2.39. The van der Waals surface area contributed by atoms with Crippen LogP contribution in [0.3, 0.4) is 0 Å². The van der Waals surface area contributed by atoms with Gasteiger partial charge in [-0.25, -0.2) is 8.42 Å². The molecular weight excluding hydrogens is 289 g/mol. The van der Waals surface area contributed by atoms with Crippen molar-refractivity contribution in [1.29, 1.82) is 0 Å². The number of oxime groups is 2. The van der Waals surface area contributed by atoms with Gasteiger partial charge in [0.2, 0.25) is 9.84 Å². The molecule has 1 heterocycles. The highest BCUT2D eigenvalue weighted by Gasteiger charge is 2.43. The van der Waals surface area contributed by atoms with Gasteiger partial charge in [0.25, 0.3) is 0 Å². The Bertz CT molecular complexity index is 508. The van der Waals surface area contributed by atoms with Crippen molar-refractivity contribution in [2.24, 2.45) is 10.3 Å². The fourth-order valence-electron chi connectivity index (χ4n) is 1.30. The van der Waals surface area contributed by atoms with Crippen molar-refractivity contribution in [3.63, 3.8) is 0 Å². The van der Waals surface area contributed by atoms with Crippen molar-refractivity contribution in [3.05, 3.63) is 0 Å². The monoisotopic (exact) mass is 302 g/mol. The molecule has 0 aromatic carbocycles. The van der Waals surface area contributed by atoms with E-state index >= 15 is 0 Å². The molecule has 0 saturated carbocycles. The number of sulfone groups is 1. The molecule has 0 fully saturated rings. The Morgan fingerprint density at radius 1 is 1.53 bits per heavy atom. The summed E-state index contributed by atoms with van der Waals surface area (Å²) in [6.07, 6.45) is -4.98. The highest BCUT2D eigenvalue weighted by Crippen LogP contribution is 2.26. The summed E-state index contributed by atoms with van der Waals surface area (Å²) >= 11 is 0. The molecule has 0 spiro atoms. The Labute approximate surface area is 108 Å². The maximum absolute atomic E-state index is 12.5. The zero-order valence-electron chi connectivity index (χ0n) is 10.5. The molecular formula is C9H13F3N2O4S. The molecule has 0 atom stereocenters. The second kappa shape index (κ2) is 4.99. The summed E-state index contributed by atoms with van der Waals surface area (Å²) in [6.45, 7) is 3.15. The Kier molecular flexibility index (Phi) is 4.13. The Morgan fingerprint density at radius 3 is 2.47 bits per heavy atom. The van der Waals surface area contributed by atoms with Gasteiger partial charge in [0.05, 0.1) is 0 Å². The average molecular weight is 302 g/mol. The highest BCUT2D eigenvalue weighted by atomic mass is 32.2. The van der Waals surface area contributed by atoms with Crippen LogP contribution in [0.25, 0.3) is 0 Å². The van der Waals surface area contributed by atoms with E-state index in [0.717, 1.165) is 7.11 Å². The Balaban J connectivity index is 2.95. The van der Waals surface area contributed by atoms with Gasteiger partial charge in [-0.3, -0.25) is 0 Å². The SMILES string of the molecule is CON=C(CS(=O)(=O)C1=NOC(C)(C)C1)C(F)(F)F. The molecule has 0 saturated heterocycles. The molecule has 1 rings (SSSR count). The van der Waals surface area contributed by atoms with Gasteiger partial charge in [-0.15, -0.1) is 0 Å². The third kappa shape index (κ3) is 4.08. The number of rotatable bonds is 3. The molecule has 19 heavy (non-hydrogen) atoms. The Morgan fingerprint density at radius 2 is 2.11 bits per heavy atom. The second-order valence-electron chi connectivity index (χ2n) is 4.49. The molecule has 10 heteroatoms. The molecule has 0 aromatic rings. The maximum Gasteiger partial charge on any atom is 0.433 e. The van der Waals surface area contributed by atoms with Crippen LogP contribution in [0.15, 0.2) is 10.3 Å². The molecule has 0 amide bonds. The first kappa shape index (κ1) is 15.7. The molecule has 1 aliphatic heterocycles. The van der Waals surface area contributed by atoms with Gasteiger partial charge in [0.1, 0.15) is 18.5 Å². The lowest BCUT2D eigenvalue weighted by molar-refractivity contribution is -0.0618. The van der Waals surface area contributed by atoms with E-state index < -0.39 is 38.1 Å². The third-order valence-electron chi connectivity index (χ3n) is 2.19. The van der Waals surface area contributed by atoms with Crippen LogP contribution in [0.2, 0.25) is 0 Å².